The topological polar surface area (TPSA) is 122 Å². The number of aryl methyl sites for hydroxylation is 1. The Kier molecular flexibility index (Phi) is 5.70. The molecule has 4 rings (SSSR count). The predicted octanol–water partition coefficient (Wildman–Crippen LogP) is 3.54. The highest BCUT2D eigenvalue weighted by Crippen LogP contribution is 2.27. The predicted molar refractivity (Wildman–Crippen MR) is 99.6 cm³/mol. The minimum absolute atomic E-state index is 0.0919. The first-order chi connectivity index (χ1) is 13.4. The number of aromatic carboxylic acids is 1. The number of hydrogen-bond acceptors (Lipinski definition) is 5. The van der Waals surface area contributed by atoms with Crippen molar-refractivity contribution in [3.8, 4) is 11.3 Å². The van der Waals surface area contributed by atoms with Gasteiger partial charge in [0.05, 0.1) is 5.56 Å². The van der Waals surface area contributed by atoms with Gasteiger partial charge in [-0.15, -0.1) is 0 Å². The van der Waals surface area contributed by atoms with Gasteiger partial charge in [0.1, 0.15) is 23.0 Å². The van der Waals surface area contributed by atoms with Gasteiger partial charge in [0.15, 0.2) is 5.78 Å². The van der Waals surface area contributed by atoms with Gasteiger partial charge in [0, 0.05) is 23.4 Å². The standard InChI is InChI=1S/C16H11FN2O4.C4H9N/c1-8-13(15(20)10-6-12(16(21)22)18-7-10)14(19-23-8)9-2-4-11(17)5-3-9;5-4-2-1-3-4/h2-7,18H,1H3,(H,21,22);4H,1-3,5H2. The zero-order valence-electron chi connectivity index (χ0n) is 15.2. The molecule has 146 valence electrons. The summed E-state index contributed by atoms with van der Waals surface area (Å²) < 4.78 is 18.1. The molecule has 0 bridgehead atoms. The van der Waals surface area contributed by atoms with Gasteiger partial charge in [-0.05, 0) is 50.1 Å². The fourth-order valence-corrected chi connectivity index (χ4v) is 2.68. The molecule has 4 N–H and O–H groups in total. The number of ketones is 1. The highest BCUT2D eigenvalue weighted by molar-refractivity contribution is 6.13. The second-order valence-corrected chi connectivity index (χ2v) is 6.60. The van der Waals surface area contributed by atoms with Crippen LogP contribution in [0.3, 0.4) is 0 Å². The number of carboxylic acids is 1. The molecule has 2 heterocycles. The lowest BCUT2D eigenvalue weighted by atomic mass is 9.95. The van der Waals surface area contributed by atoms with Gasteiger partial charge < -0.3 is 20.3 Å². The van der Waals surface area contributed by atoms with E-state index >= 15 is 0 Å². The summed E-state index contributed by atoms with van der Waals surface area (Å²) in [4.78, 5) is 26.1. The third kappa shape index (κ3) is 4.17. The number of H-pyrrole nitrogens is 1. The van der Waals surface area contributed by atoms with Crippen LogP contribution in [0.5, 0.6) is 0 Å². The summed E-state index contributed by atoms with van der Waals surface area (Å²) in [7, 11) is 0. The van der Waals surface area contributed by atoms with Crippen molar-refractivity contribution in [3.63, 3.8) is 0 Å². The first-order valence-electron chi connectivity index (χ1n) is 8.81. The van der Waals surface area contributed by atoms with Crippen LogP contribution in [0.2, 0.25) is 0 Å². The maximum absolute atomic E-state index is 13.0. The van der Waals surface area contributed by atoms with Crippen molar-refractivity contribution < 1.29 is 23.6 Å². The number of halogens is 1. The van der Waals surface area contributed by atoms with E-state index in [1.807, 2.05) is 0 Å². The maximum atomic E-state index is 13.0. The van der Waals surface area contributed by atoms with Gasteiger partial charge in [-0.3, -0.25) is 4.79 Å². The molecular formula is C20H20FN3O4. The molecular weight excluding hydrogens is 365 g/mol. The van der Waals surface area contributed by atoms with Crippen LogP contribution < -0.4 is 5.73 Å². The van der Waals surface area contributed by atoms with E-state index in [-0.39, 0.29) is 22.5 Å². The molecule has 7 nitrogen and oxygen atoms in total. The summed E-state index contributed by atoms with van der Waals surface area (Å²) in [5, 5.41) is 12.8. The quantitative estimate of drug-likeness (QED) is 0.591. The van der Waals surface area contributed by atoms with Crippen molar-refractivity contribution >= 4 is 11.8 Å². The Morgan fingerprint density at radius 2 is 1.93 bits per heavy atom. The molecule has 0 unspecified atom stereocenters. The van der Waals surface area contributed by atoms with Crippen molar-refractivity contribution in [3.05, 3.63) is 64.9 Å². The zero-order valence-corrected chi connectivity index (χ0v) is 15.2. The summed E-state index contributed by atoms with van der Waals surface area (Å²) in [6.45, 7) is 1.58. The number of carbonyl (C=O) groups is 2. The van der Waals surface area contributed by atoms with Crippen LogP contribution in [-0.4, -0.2) is 33.0 Å². The molecule has 1 aliphatic carbocycles. The lowest BCUT2D eigenvalue weighted by Gasteiger charge is -2.18. The normalized spacial score (nSPS) is 13.4. The molecule has 0 amide bonds. The fraction of sp³-hybridized carbons (Fsp3) is 0.250. The zero-order chi connectivity index (χ0) is 20.3. The van der Waals surface area contributed by atoms with Crippen LogP contribution in [-0.2, 0) is 0 Å². The van der Waals surface area contributed by atoms with E-state index in [1.165, 1.54) is 55.8 Å². The SMILES string of the molecule is Cc1onc(-c2ccc(F)cc2)c1C(=O)c1c[nH]c(C(=O)O)c1.NC1CCC1. The fourth-order valence-electron chi connectivity index (χ4n) is 2.68. The number of rotatable bonds is 4. The van der Waals surface area contributed by atoms with E-state index in [2.05, 4.69) is 10.1 Å². The second-order valence-electron chi connectivity index (χ2n) is 6.60. The van der Waals surface area contributed by atoms with Crippen molar-refractivity contribution in [1.29, 1.82) is 0 Å². The number of carboxylic acid groups (broad SMARTS) is 1. The number of carbonyl (C=O) groups excluding carboxylic acids is 1. The van der Waals surface area contributed by atoms with E-state index in [4.69, 9.17) is 15.4 Å². The summed E-state index contributed by atoms with van der Waals surface area (Å²) in [5.74, 6) is -1.69. The summed E-state index contributed by atoms with van der Waals surface area (Å²) >= 11 is 0. The molecule has 3 aromatic rings. The molecule has 2 aromatic heterocycles. The Labute approximate surface area is 160 Å². The Morgan fingerprint density at radius 3 is 2.43 bits per heavy atom. The van der Waals surface area contributed by atoms with Crippen molar-refractivity contribution in [1.82, 2.24) is 10.1 Å². The van der Waals surface area contributed by atoms with Crippen molar-refractivity contribution in [2.75, 3.05) is 0 Å². The lowest BCUT2D eigenvalue weighted by Crippen LogP contribution is -2.27. The number of nitrogens with zero attached hydrogens (tertiary/aromatic N) is 1. The Morgan fingerprint density at radius 1 is 1.29 bits per heavy atom. The number of nitrogens with two attached hydrogens (primary N) is 1. The highest BCUT2D eigenvalue weighted by Gasteiger charge is 2.24. The van der Waals surface area contributed by atoms with Crippen molar-refractivity contribution in [2.45, 2.75) is 32.2 Å². The van der Waals surface area contributed by atoms with Crippen LogP contribution in [0.1, 0.15) is 51.4 Å². The smallest absolute Gasteiger partial charge is 0.352 e. The Bertz CT molecular complexity index is 987. The van der Waals surface area contributed by atoms with Gasteiger partial charge >= 0.3 is 5.97 Å². The van der Waals surface area contributed by atoms with Gasteiger partial charge in [-0.1, -0.05) is 11.6 Å². The van der Waals surface area contributed by atoms with Crippen molar-refractivity contribution in [2.24, 2.45) is 5.73 Å². The summed E-state index contributed by atoms with van der Waals surface area (Å²) in [6, 6.07) is 7.30. The van der Waals surface area contributed by atoms with Crippen LogP contribution in [0.4, 0.5) is 4.39 Å². The monoisotopic (exact) mass is 385 g/mol. The Hall–Kier alpha value is -3.26. The highest BCUT2D eigenvalue weighted by atomic mass is 19.1. The molecule has 0 spiro atoms. The molecule has 8 heteroatoms. The third-order valence-electron chi connectivity index (χ3n) is 4.53. The molecule has 28 heavy (non-hydrogen) atoms. The largest absolute Gasteiger partial charge is 0.477 e. The summed E-state index contributed by atoms with van der Waals surface area (Å²) in [5.41, 5.74) is 6.49. The van der Waals surface area contributed by atoms with Gasteiger partial charge in [0.25, 0.3) is 0 Å². The molecule has 0 saturated heterocycles. The lowest BCUT2D eigenvalue weighted by molar-refractivity contribution is 0.0691. The number of benzene rings is 1. The Balaban J connectivity index is 0.000000391. The summed E-state index contributed by atoms with van der Waals surface area (Å²) in [6.07, 6.45) is 5.20. The minimum atomic E-state index is -1.16. The first kappa shape index (κ1) is 19.5. The molecule has 1 aliphatic rings. The van der Waals surface area contributed by atoms with Gasteiger partial charge in [-0.25, -0.2) is 9.18 Å². The molecule has 1 saturated carbocycles. The number of hydrogen-bond donors (Lipinski definition) is 3. The molecule has 1 aromatic carbocycles. The first-order valence-corrected chi connectivity index (χ1v) is 8.81. The molecule has 0 aliphatic heterocycles. The maximum Gasteiger partial charge on any atom is 0.352 e. The molecule has 1 fully saturated rings. The number of aromatic amines is 1. The van der Waals surface area contributed by atoms with E-state index in [0.717, 1.165) is 0 Å². The van der Waals surface area contributed by atoms with Gasteiger partial charge in [-0.2, -0.15) is 0 Å². The minimum Gasteiger partial charge on any atom is -0.477 e. The molecule has 0 radical (unpaired) electrons. The van der Waals surface area contributed by atoms with E-state index in [1.54, 1.807) is 6.92 Å². The van der Waals surface area contributed by atoms with Crippen LogP contribution in [0, 0.1) is 12.7 Å². The second kappa shape index (κ2) is 8.18. The third-order valence-corrected chi connectivity index (χ3v) is 4.53. The van der Waals surface area contributed by atoms with Gasteiger partial charge in [0.2, 0.25) is 0 Å². The van der Waals surface area contributed by atoms with Crippen LogP contribution in [0.15, 0.2) is 41.1 Å². The van der Waals surface area contributed by atoms with Crippen LogP contribution >= 0.6 is 0 Å². The average Bonchev–Trinajstić information content (AvgIpc) is 3.28. The van der Waals surface area contributed by atoms with E-state index < -0.39 is 17.6 Å². The average molecular weight is 385 g/mol. The number of aromatic nitrogens is 2. The van der Waals surface area contributed by atoms with E-state index in [0.29, 0.717) is 17.4 Å². The molecule has 0 atom stereocenters. The van der Waals surface area contributed by atoms with Crippen LogP contribution in [0.25, 0.3) is 11.3 Å². The van der Waals surface area contributed by atoms with E-state index in [9.17, 15) is 14.0 Å². The number of nitrogens with one attached hydrogen (secondary N) is 1.